The molecule has 0 saturated heterocycles. The van der Waals surface area contributed by atoms with Gasteiger partial charge in [0.1, 0.15) is 0 Å². The number of hydrogen-bond acceptors (Lipinski definition) is 2. The van der Waals surface area contributed by atoms with Crippen molar-refractivity contribution >= 4 is 0 Å². The van der Waals surface area contributed by atoms with Gasteiger partial charge in [-0.25, -0.2) is 0 Å². The quantitative estimate of drug-likeness (QED) is 0.557. The summed E-state index contributed by atoms with van der Waals surface area (Å²) in [6.45, 7) is 0. The van der Waals surface area contributed by atoms with E-state index in [1.165, 1.54) is 5.18 Å². The number of halogens is 6. The van der Waals surface area contributed by atoms with E-state index in [4.69, 9.17) is 0 Å². The van der Waals surface area contributed by atoms with Crippen LogP contribution in [0.4, 0.5) is 26.3 Å². The average molecular weight is 289 g/mol. The molecule has 0 aromatic rings. The van der Waals surface area contributed by atoms with Crippen molar-refractivity contribution in [2.24, 2.45) is 22.9 Å². The van der Waals surface area contributed by atoms with Gasteiger partial charge in [-0.15, -0.1) is 4.91 Å². The Morgan fingerprint density at radius 3 is 1.84 bits per heavy atom. The highest BCUT2D eigenvalue weighted by molar-refractivity contribution is 5.05. The lowest BCUT2D eigenvalue weighted by Gasteiger charge is -2.35. The van der Waals surface area contributed by atoms with Gasteiger partial charge in [-0.1, -0.05) is 6.42 Å². The van der Waals surface area contributed by atoms with Crippen LogP contribution in [-0.2, 0) is 0 Å². The molecule has 0 N–H and O–H groups in total. The molecule has 0 heterocycles. The normalized spacial score (nSPS) is 31.8. The van der Waals surface area contributed by atoms with Crippen molar-refractivity contribution in [3.05, 3.63) is 4.91 Å². The summed E-state index contributed by atoms with van der Waals surface area (Å²) in [7, 11) is 0. The summed E-state index contributed by atoms with van der Waals surface area (Å²) >= 11 is 0. The van der Waals surface area contributed by atoms with Crippen molar-refractivity contribution in [2.75, 3.05) is 0 Å². The maximum absolute atomic E-state index is 12.8. The van der Waals surface area contributed by atoms with Crippen molar-refractivity contribution in [1.82, 2.24) is 0 Å². The Morgan fingerprint density at radius 1 is 0.947 bits per heavy atom. The molecule has 3 unspecified atom stereocenters. The largest absolute Gasteiger partial charge is 0.426 e. The molecular formula is C11H13F6NO. The summed E-state index contributed by atoms with van der Waals surface area (Å²) in [6, 6.07) is 0. The van der Waals surface area contributed by atoms with Crippen LogP contribution in [0.3, 0.4) is 0 Å². The monoisotopic (exact) mass is 289 g/mol. The first-order chi connectivity index (χ1) is 8.61. The molecule has 2 rings (SSSR count). The van der Waals surface area contributed by atoms with E-state index < -0.39 is 30.2 Å². The van der Waals surface area contributed by atoms with E-state index in [-0.39, 0.29) is 11.8 Å². The lowest BCUT2D eigenvalue weighted by molar-refractivity contribution is -0.300. The van der Waals surface area contributed by atoms with Crippen LogP contribution in [-0.4, -0.2) is 17.9 Å². The Hall–Kier alpha value is -0.820. The number of alkyl halides is 6. The topological polar surface area (TPSA) is 29.4 Å². The minimum Gasteiger partial charge on any atom is -0.168 e. The maximum atomic E-state index is 12.8. The highest BCUT2D eigenvalue weighted by atomic mass is 19.4. The number of nitroso groups, excluding NO2 is 1. The molecule has 0 amide bonds. The van der Waals surface area contributed by atoms with Gasteiger partial charge in [0.25, 0.3) is 5.54 Å². The maximum Gasteiger partial charge on any atom is 0.426 e. The second-order valence-electron chi connectivity index (χ2n) is 5.59. The Bertz CT molecular complexity index is 349. The molecule has 2 fully saturated rings. The molecule has 0 spiro atoms. The predicted molar refractivity (Wildman–Crippen MR) is 54.2 cm³/mol. The first kappa shape index (κ1) is 14.6. The van der Waals surface area contributed by atoms with Gasteiger partial charge in [-0.2, -0.15) is 26.3 Å². The van der Waals surface area contributed by atoms with Crippen molar-refractivity contribution in [3.8, 4) is 0 Å². The fourth-order valence-corrected chi connectivity index (χ4v) is 3.54. The molecule has 2 bridgehead atoms. The molecule has 0 radical (unpaired) electrons. The molecular weight excluding hydrogens is 276 g/mol. The molecule has 0 aliphatic heterocycles. The Kier molecular flexibility index (Phi) is 3.33. The van der Waals surface area contributed by atoms with E-state index in [0.717, 1.165) is 6.42 Å². The zero-order chi connectivity index (χ0) is 14.5. The van der Waals surface area contributed by atoms with E-state index in [0.29, 0.717) is 19.3 Å². The first-order valence-corrected chi connectivity index (χ1v) is 6.08. The summed E-state index contributed by atoms with van der Waals surface area (Å²) in [5.74, 6) is -0.628. The molecule has 0 aromatic heterocycles. The smallest absolute Gasteiger partial charge is 0.168 e. The SMILES string of the molecule is O=NC(CC1CC2CCC1C2)(C(F)(F)F)C(F)(F)F. The van der Waals surface area contributed by atoms with Crippen LogP contribution in [0, 0.1) is 22.7 Å². The molecule has 3 atom stereocenters. The van der Waals surface area contributed by atoms with Crippen LogP contribution >= 0.6 is 0 Å². The van der Waals surface area contributed by atoms with Crippen LogP contribution in [0.5, 0.6) is 0 Å². The summed E-state index contributed by atoms with van der Waals surface area (Å²) in [5.41, 5.74) is -4.45. The third-order valence-corrected chi connectivity index (χ3v) is 4.54. The van der Waals surface area contributed by atoms with Crippen LogP contribution < -0.4 is 0 Å². The summed E-state index contributed by atoms with van der Waals surface area (Å²) in [4.78, 5) is 10.4. The lowest BCUT2D eigenvalue weighted by Crippen LogP contribution is -2.56. The zero-order valence-electron chi connectivity index (χ0n) is 9.89. The summed E-state index contributed by atoms with van der Waals surface area (Å²) in [5, 5.41) is 1.51. The minimum atomic E-state index is -5.70. The fraction of sp³-hybridized carbons (Fsp3) is 1.00. The molecule has 19 heavy (non-hydrogen) atoms. The van der Waals surface area contributed by atoms with E-state index in [1.807, 2.05) is 0 Å². The molecule has 110 valence electrons. The molecule has 2 saturated carbocycles. The van der Waals surface area contributed by atoms with Crippen molar-refractivity contribution in [2.45, 2.75) is 50.0 Å². The number of hydrogen-bond donors (Lipinski definition) is 0. The number of rotatable bonds is 3. The zero-order valence-corrected chi connectivity index (χ0v) is 9.89. The number of nitrogens with zero attached hydrogens (tertiary/aromatic N) is 1. The van der Waals surface area contributed by atoms with Crippen LogP contribution in [0.1, 0.15) is 32.1 Å². The van der Waals surface area contributed by atoms with Crippen LogP contribution in [0.15, 0.2) is 5.18 Å². The third kappa shape index (κ3) is 2.23. The van der Waals surface area contributed by atoms with E-state index >= 15 is 0 Å². The van der Waals surface area contributed by atoms with Crippen molar-refractivity contribution in [1.29, 1.82) is 0 Å². The van der Waals surface area contributed by atoms with E-state index in [1.54, 1.807) is 0 Å². The average Bonchev–Trinajstić information content (AvgIpc) is 2.83. The van der Waals surface area contributed by atoms with Crippen LogP contribution in [0.25, 0.3) is 0 Å². The van der Waals surface area contributed by atoms with Gasteiger partial charge in [0.15, 0.2) is 0 Å². The Morgan fingerprint density at radius 2 is 1.53 bits per heavy atom. The minimum absolute atomic E-state index is 0.129. The highest BCUT2D eigenvalue weighted by Crippen LogP contribution is 2.56. The van der Waals surface area contributed by atoms with Crippen molar-refractivity contribution < 1.29 is 26.3 Å². The summed E-state index contributed by atoms with van der Waals surface area (Å²) < 4.78 is 76.5. The van der Waals surface area contributed by atoms with E-state index in [2.05, 4.69) is 0 Å². The van der Waals surface area contributed by atoms with Gasteiger partial charge in [0.05, 0.1) is 0 Å². The molecule has 0 aromatic carbocycles. The number of fused-ring (bicyclic) bond motifs is 2. The van der Waals surface area contributed by atoms with Crippen molar-refractivity contribution in [3.63, 3.8) is 0 Å². The predicted octanol–water partition coefficient (Wildman–Crippen LogP) is 4.44. The van der Waals surface area contributed by atoms with Gasteiger partial charge in [-0.05, 0) is 48.6 Å². The van der Waals surface area contributed by atoms with Gasteiger partial charge in [0.2, 0.25) is 0 Å². The van der Waals surface area contributed by atoms with Gasteiger partial charge < -0.3 is 0 Å². The second kappa shape index (κ2) is 4.34. The molecule has 8 heteroatoms. The Labute approximate surface area is 105 Å². The van der Waals surface area contributed by atoms with Gasteiger partial charge in [-0.3, -0.25) is 0 Å². The molecule has 2 aliphatic rings. The van der Waals surface area contributed by atoms with Gasteiger partial charge >= 0.3 is 12.4 Å². The fourth-order valence-electron chi connectivity index (χ4n) is 3.54. The third-order valence-electron chi connectivity index (χ3n) is 4.54. The first-order valence-electron chi connectivity index (χ1n) is 6.08. The molecule has 2 aliphatic carbocycles. The van der Waals surface area contributed by atoms with Gasteiger partial charge in [0, 0.05) is 0 Å². The standard InChI is InChI=1S/C11H13F6NO/c12-10(13,14)9(18-19,11(15,16)17)5-8-4-6-1-2-7(8)3-6/h6-8H,1-5H2. The molecule has 2 nitrogen and oxygen atoms in total. The lowest BCUT2D eigenvalue weighted by atomic mass is 9.78. The van der Waals surface area contributed by atoms with E-state index in [9.17, 15) is 31.2 Å². The Balaban J connectivity index is 2.26. The summed E-state index contributed by atoms with van der Waals surface area (Å²) in [6.07, 6.45) is -10.1. The highest BCUT2D eigenvalue weighted by Gasteiger charge is 2.74. The second-order valence-corrected chi connectivity index (χ2v) is 5.59. The van der Waals surface area contributed by atoms with Crippen LogP contribution in [0.2, 0.25) is 0 Å².